The number of thiazole rings is 1. The Bertz CT molecular complexity index is 958. The van der Waals surface area contributed by atoms with Crippen LogP contribution in [0, 0.1) is 22.7 Å². The first-order chi connectivity index (χ1) is 15.6. The number of thioether (sulfide) groups is 1. The molecule has 2 aliphatic heterocycles. The lowest BCUT2D eigenvalue weighted by molar-refractivity contribution is -0.344. The largest absolute Gasteiger partial charge is 0.458 e. The van der Waals surface area contributed by atoms with Crippen molar-refractivity contribution in [2.75, 3.05) is 13.2 Å². The van der Waals surface area contributed by atoms with Crippen LogP contribution in [0.1, 0.15) is 59.8 Å². The molecule has 1 aromatic heterocycles. The first-order valence-electron chi connectivity index (χ1n) is 12.1. The fourth-order valence-corrected chi connectivity index (χ4v) is 9.05. The Morgan fingerprint density at radius 1 is 1.27 bits per heavy atom. The SMILES string of the molecule is C=C1CC[C@@H]2[C@]3(C)COC(C)(C)O[C@@H]3CC[C@@]2(C)[C@@H]1CC(Sc1nccs1)C1=CCOC1=O. The van der Waals surface area contributed by atoms with Gasteiger partial charge >= 0.3 is 5.97 Å². The molecule has 6 atom stereocenters. The number of fused-ring (bicyclic) bond motifs is 3. The van der Waals surface area contributed by atoms with Crippen molar-refractivity contribution in [3.8, 4) is 0 Å². The molecule has 3 fully saturated rings. The molecule has 180 valence electrons. The summed E-state index contributed by atoms with van der Waals surface area (Å²) in [7, 11) is 0. The summed E-state index contributed by atoms with van der Waals surface area (Å²) in [5, 5.41) is 2.01. The maximum atomic E-state index is 12.6. The van der Waals surface area contributed by atoms with Crippen molar-refractivity contribution in [1.29, 1.82) is 0 Å². The number of hydrogen-bond donors (Lipinski definition) is 0. The maximum absolute atomic E-state index is 12.6. The smallest absolute Gasteiger partial charge is 0.335 e. The lowest BCUT2D eigenvalue weighted by atomic mass is 9.46. The molecule has 0 N–H and O–H groups in total. The summed E-state index contributed by atoms with van der Waals surface area (Å²) in [5.41, 5.74) is 2.20. The van der Waals surface area contributed by atoms with Crippen LogP contribution in [0.15, 0.2) is 39.7 Å². The highest BCUT2D eigenvalue weighted by molar-refractivity contribution is 8.01. The first-order valence-corrected chi connectivity index (χ1v) is 13.8. The van der Waals surface area contributed by atoms with Crippen LogP contribution >= 0.6 is 23.1 Å². The second-order valence-corrected chi connectivity index (χ2v) is 13.4. The molecule has 5 rings (SSSR count). The summed E-state index contributed by atoms with van der Waals surface area (Å²) in [4.78, 5) is 17.0. The molecule has 2 saturated carbocycles. The van der Waals surface area contributed by atoms with Crippen LogP contribution in [0.2, 0.25) is 0 Å². The number of nitrogens with zero attached hydrogens (tertiary/aromatic N) is 1. The Morgan fingerprint density at radius 2 is 2.09 bits per heavy atom. The van der Waals surface area contributed by atoms with Crippen molar-refractivity contribution >= 4 is 29.1 Å². The van der Waals surface area contributed by atoms with Gasteiger partial charge in [0.2, 0.25) is 0 Å². The molecule has 0 amide bonds. The number of hydrogen-bond acceptors (Lipinski definition) is 7. The number of carbonyl (C=O) groups excluding carboxylic acids is 1. The molecule has 1 saturated heterocycles. The van der Waals surface area contributed by atoms with Crippen LogP contribution in [0.3, 0.4) is 0 Å². The number of rotatable bonds is 5. The molecule has 0 aromatic carbocycles. The van der Waals surface area contributed by atoms with E-state index in [9.17, 15) is 4.79 Å². The Hall–Kier alpha value is -1.15. The van der Waals surface area contributed by atoms with E-state index in [-0.39, 0.29) is 28.2 Å². The molecular weight excluding hydrogens is 454 g/mol. The molecule has 5 nitrogen and oxygen atoms in total. The number of ether oxygens (including phenoxy) is 3. The lowest BCUT2D eigenvalue weighted by Crippen LogP contribution is -2.63. The van der Waals surface area contributed by atoms with Gasteiger partial charge in [0.25, 0.3) is 0 Å². The van der Waals surface area contributed by atoms with Gasteiger partial charge in [-0.05, 0) is 69.3 Å². The van der Waals surface area contributed by atoms with Crippen LogP contribution in [0.5, 0.6) is 0 Å². The fraction of sp³-hybridized carbons (Fsp3) is 0.692. The number of aromatic nitrogens is 1. The van der Waals surface area contributed by atoms with Crippen molar-refractivity contribution in [2.24, 2.45) is 22.7 Å². The van der Waals surface area contributed by atoms with Gasteiger partial charge in [0.15, 0.2) is 5.79 Å². The van der Waals surface area contributed by atoms with Gasteiger partial charge in [-0.1, -0.05) is 37.8 Å². The molecular formula is C26H35NO4S2. The summed E-state index contributed by atoms with van der Waals surface area (Å²) in [6, 6.07) is 0. The zero-order valence-electron chi connectivity index (χ0n) is 20.1. The molecule has 0 spiro atoms. The first kappa shape index (κ1) is 23.6. The van der Waals surface area contributed by atoms with Crippen LogP contribution in [0.4, 0.5) is 0 Å². The van der Waals surface area contributed by atoms with Gasteiger partial charge < -0.3 is 14.2 Å². The third-order valence-electron chi connectivity index (χ3n) is 8.68. The van der Waals surface area contributed by atoms with Gasteiger partial charge in [-0.2, -0.15) is 0 Å². The van der Waals surface area contributed by atoms with Crippen LogP contribution in [0.25, 0.3) is 0 Å². The number of esters is 1. The molecule has 7 heteroatoms. The lowest BCUT2D eigenvalue weighted by Gasteiger charge is -2.63. The van der Waals surface area contributed by atoms with E-state index in [1.807, 2.05) is 31.5 Å². The van der Waals surface area contributed by atoms with Gasteiger partial charge in [0, 0.05) is 22.2 Å². The van der Waals surface area contributed by atoms with Gasteiger partial charge in [0.05, 0.1) is 18.3 Å². The number of allylic oxidation sites excluding steroid dienone is 1. The molecule has 0 bridgehead atoms. The predicted molar refractivity (Wildman–Crippen MR) is 131 cm³/mol. The minimum absolute atomic E-state index is 0.00895. The van der Waals surface area contributed by atoms with E-state index in [1.165, 1.54) is 5.57 Å². The average molecular weight is 490 g/mol. The third kappa shape index (κ3) is 4.13. The van der Waals surface area contributed by atoms with Crippen LogP contribution in [-0.2, 0) is 19.0 Å². The molecule has 33 heavy (non-hydrogen) atoms. The molecule has 1 aromatic rings. The highest BCUT2D eigenvalue weighted by Crippen LogP contribution is 2.64. The van der Waals surface area contributed by atoms with E-state index < -0.39 is 5.79 Å². The normalized spacial score (nSPS) is 38.8. The Kier molecular flexibility index (Phi) is 6.08. The maximum Gasteiger partial charge on any atom is 0.335 e. The molecule has 2 aliphatic carbocycles. The zero-order chi connectivity index (χ0) is 23.4. The molecule has 3 heterocycles. The van der Waals surface area contributed by atoms with Crippen molar-refractivity contribution in [3.05, 3.63) is 35.4 Å². The fourth-order valence-electron chi connectivity index (χ4n) is 6.98. The second-order valence-electron chi connectivity index (χ2n) is 11.0. The monoisotopic (exact) mass is 489 g/mol. The van der Waals surface area contributed by atoms with Gasteiger partial charge in [-0.15, -0.1) is 11.3 Å². The topological polar surface area (TPSA) is 57.6 Å². The van der Waals surface area contributed by atoms with Crippen LogP contribution < -0.4 is 0 Å². The van der Waals surface area contributed by atoms with E-state index in [2.05, 4.69) is 25.4 Å². The minimum atomic E-state index is -0.514. The molecule has 4 aliphatic rings. The van der Waals surface area contributed by atoms with E-state index in [1.54, 1.807) is 23.1 Å². The number of carbonyl (C=O) groups is 1. The number of cyclic esters (lactones) is 1. The molecule has 1 unspecified atom stereocenters. The quantitative estimate of drug-likeness (QED) is 0.286. The minimum Gasteiger partial charge on any atom is -0.458 e. The van der Waals surface area contributed by atoms with Gasteiger partial charge in [-0.3, -0.25) is 0 Å². The Labute approximate surface area is 205 Å². The van der Waals surface area contributed by atoms with Gasteiger partial charge in [-0.25, -0.2) is 9.78 Å². The molecule has 0 radical (unpaired) electrons. The van der Waals surface area contributed by atoms with E-state index >= 15 is 0 Å². The predicted octanol–water partition coefficient (Wildman–Crippen LogP) is 6.02. The van der Waals surface area contributed by atoms with Crippen molar-refractivity contribution in [1.82, 2.24) is 4.98 Å². The van der Waals surface area contributed by atoms with E-state index in [0.29, 0.717) is 18.4 Å². The van der Waals surface area contributed by atoms with E-state index in [0.717, 1.165) is 48.6 Å². The average Bonchev–Trinajstić information content (AvgIpc) is 3.42. The highest BCUT2D eigenvalue weighted by atomic mass is 32.2. The summed E-state index contributed by atoms with van der Waals surface area (Å²) in [6.45, 7) is 14.6. The second kappa shape index (κ2) is 8.51. The summed E-state index contributed by atoms with van der Waals surface area (Å²) >= 11 is 3.33. The zero-order valence-corrected chi connectivity index (χ0v) is 21.7. The Balaban J connectivity index is 1.44. The van der Waals surface area contributed by atoms with Crippen LogP contribution in [-0.4, -0.2) is 41.3 Å². The van der Waals surface area contributed by atoms with Crippen molar-refractivity contribution < 1.29 is 19.0 Å². The summed E-state index contributed by atoms with van der Waals surface area (Å²) in [5.74, 6) is 0.126. The summed E-state index contributed by atoms with van der Waals surface area (Å²) < 4.78 is 19.0. The van der Waals surface area contributed by atoms with E-state index in [4.69, 9.17) is 14.2 Å². The highest BCUT2D eigenvalue weighted by Gasteiger charge is 2.61. The third-order valence-corrected chi connectivity index (χ3v) is 10.9. The summed E-state index contributed by atoms with van der Waals surface area (Å²) in [6.07, 6.45) is 9.18. The Morgan fingerprint density at radius 3 is 2.79 bits per heavy atom. The van der Waals surface area contributed by atoms with Crippen molar-refractivity contribution in [2.45, 2.75) is 81.3 Å². The standard InChI is InChI=1S/C26H35NO4S2/c1-16-6-7-20-25(4,10-8-21-26(20,5)15-30-24(2,3)31-21)18(16)14-19(17-9-12-29-22(17)28)33-23-27-11-13-32-23/h9,11,13,18-21H,1,6-8,10,12,14-15H2,2-5H3/t18-,19?,20+,21-,25+,26+/m1/s1. The van der Waals surface area contributed by atoms with Gasteiger partial charge in [0.1, 0.15) is 10.9 Å². The van der Waals surface area contributed by atoms with Crippen molar-refractivity contribution in [3.63, 3.8) is 0 Å².